The average molecular weight is 266 g/mol. The highest BCUT2D eigenvalue weighted by Crippen LogP contribution is 2.18. The van der Waals surface area contributed by atoms with E-state index in [1.165, 1.54) is 0 Å². The van der Waals surface area contributed by atoms with Crippen LogP contribution in [0.3, 0.4) is 0 Å². The number of alkyl halides is 1. The standard InChI is InChI=1S/C11H12ClN5O/c1-7(12)11(18)15-10-5-8(16-17(10)2)9-6-13-3-4-14-9/h3-7H,1-2H3,(H,15,18)/t7-/m0/s1. The highest BCUT2D eigenvalue weighted by Gasteiger charge is 2.13. The zero-order chi connectivity index (χ0) is 13.1. The maximum atomic E-state index is 11.5. The highest BCUT2D eigenvalue weighted by molar-refractivity contribution is 6.32. The molecule has 2 aromatic heterocycles. The van der Waals surface area contributed by atoms with Crippen LogP contribution in [0.4, 0.5) is 5.82 Å². The number of carbonyl (C=O) groups is 1. The van der Waals surface area contributed by atoms with Crippen molar-refractivity contribution in [3.8, 4) is 11.4 Å². The number of halogens is 1. The molecule has 0 spiro atoms. The molecular weight excluding hydrogens is 254 g/mol. The number of nitrogens with zero attached hydrogens (tertiary/aromatic N) is 4. The predicted octanol–water partition coefficient (Wildman–Crippen LogP) is 1.44. The van der Waals surface area contributed by atoms with E-state index in [1.807, 2.05) is 0 Å². The summed E-state index contributed by atoms with van der Waals surface area (Å²) < 4.78 is 1.56. The maximum absolute atomic E-state index is 11.5. The third kappa shape index (κ3) is 2.65. The Morgan fingerprint density at radius 2 is 2.22 bits per heavy atom. The molecule has 2 rings (SSSR count). The number of aromatic nitrogens is 4. The Kier molecular flexibility index (Phi) is 3.57. The zero-order valence-electron chi connectivity index (χ0n) is 9.96. The van der Waals surface area contributed by atoms with Gasteiger partial charge in [0.1, 0.15) is 22.6 Å². The Bertz CT molecular complexity index is 552. The molecule has 94 valence electrons. The molecule has 0 saturated heterocycles. The van der Waals surface area contributed by atoms with Gasteiger partial charge in [-0.3, -0.25) is 19.4 Å². The van der Waals surface area contributed by atoms with Gasteiger partial charge in [0.2, 0.25) is 5.91 Å². The Morgan fingerprint density at radius 1 is 1.44 bits per heavy atom. The smallest absolute Gasteiger partial charge is 0.243 e. The van der Waals surface area contributed by atoms with Gasteiger partial charge in [0.15, 0.2) is 0 Å². The number of hydrogen-bond donors (Lipinski definition) is 1. The summed E-state index contributed by atoms with van der Waals surface area (Å²) in [5.41, 5.74) is 1.29. The highest BCUT2D eigenvalue weighted by atomic mass is 35.5. The van der Waals surface area contributed by atoms with Crippen LogP contribution in [-0.4, -0.2) is 31.0 Å². The molecule has 1 atom stereocenters. The molecule has 1 amide bonds. The largest absolute Gasteiger partial charge is 0.310 e. The molecule has 0 radical (unpaired) electrons. The van der Waals surface area contributed by atoms with E-state index >= 15 is 0 Å². The first-order chi connectivity index (χ1) is 8.58. The third-order valence-corrected chi connectivity index (χ3v) is 2.52. The molecule has 6 nitrogen and oxygen atoms in total. The summed E-state index contributed by atoms with van der Waals surface area (Å²) in [6, 6.07) is 1.72. The summed E-state index contributed by atoms with van der Waals surface area (Å²) in [4.78, 5) is 19.6. The Balaban J connectivity index is 2.25. The number of rotatable bonds is 3. The van der Waals surface area contributed by atoms with Gasteiger partial charge in [0.05, 0.1) is 6.20 Å². The lowest BCUT2D eigenvalue weighted by atomic mass is 10.3. The monoisotopic (exact) mass is 265 g/mol. The number of aryl methyl sites for hydroxylation is 1. The molecule has 0 fully saturated rings. The van der Waals surface area contributed by atoms with E-state index in [0.29, 0.717) is 17.2 Å². The van der Waals surface area contributed by atoms with Crippen molar-refractivity contribution >= 4 is 23.3 Å². The number of hydrogen-bond acceptors (Lipinski definition) is 4. The third-order valence-electron chi connectivity index (χ3n) is 2.32. The minimum Gasteiger partial charge on any atom is -0.310 e. The summed E-state index contributed by atoms with van der Waals surface area (Å²) in [7, 11) is 1.73. The number of nitrogens with one attached hydrogen (secondary N) is 1. The van der Waals surface area contributed by atoms with Crippen molar-refractivity contribution in [2.45, 2.75) is 12.3 Å². The van der Waals surface area contributed by atoms with Crippen molar-refractivity contribution in [2.75, 3.05) is 5.32 Å². The van der Waals surface area contributed by atoms with Crippen molar-refractivity contribution in [3.63, 3.8) is 0 Å². The van der Waals surface area contributed by atoms with Crippen LogP contribution >= 0.6 is 11.6 Å². The average Bonchev–Trinajstić information content (AvgIpc) is 2.72. The summed E-state index contributed by atoms with van der Waals surface area (Å²) in [5.74, 6) is 0.290. The van der Waals surface area contributed by atoms with Crippen molar-refractivity contribution in [1.29, 1.82) is 0 Å². The van der Waals surface area contributed by atoms with Gasteiger partial charge < -0.3 is 5.32 Å². The van der Waals surface area contributed by atoms with Gasteiger partial charge >= 0.3 is 0 Å². The molecule has 0 saturated carbocycles. The van der Waals surface area contributed by atoms with Gasteiger partial charge in [-0.2, -0.15) is 5.10 Å². The number of carbonyl (C=O) groups excluding carboxylic acids is 1. The second-order valence-electron chi connectivity index (χ2n) is 3.73. The Labute approximate surface area is 109 Å². The van der Waals surface area contributed by atoms with E-state index in [1.54, 1.807) is 43.3 Å². The van der Waals surface area contributed by atoms with Crippen LogP contribution in [-0.2, 0) is 11.8 Å². The van der Waals surface area contributed by atoms with Crippen molar-refractivity contribution in [3.05, 3.63) is 24.7 Å². The maximum Gasteiger partial charge on any atom is 0.243 e. The molecule has 0 unspecified atom stereocenters. The molecule has 2 aromatic rings. The van der Waals surface area contributed by atoms with Gasteiger partial charge in [0, 0.05) is 25.5 Å². The Hall–Kier alpha value is -1.95. The molecule has 2 heterocycles. The molecular formula is C11H12ClN5O. The number of anilines is 1. The zero-order valence-corrected chi connectivity index (χ0v) is 10.7. The fraction of sp³-hybridized carbons (Fsp3) is 0.273. The van der Waals surface area contributed by atoms with E-state index in [0.717, 1.165) is 0 Å². The van der Waals surface area contributed by atoms with Crippen LogP contribution in [0.15, 0.2) is 24.7 Å². The van der Waals surface area contributed by atoms with Crippen molar-refractivity contribution < 1.29 is 4.79 Å². The topological polar surface area (TPSA) is 72.7 Å². The fourth-order valence-electron chi connectivity index (χ4n) is 1.37. The van der Waals surface area contributed by atoms with Crippen molar-refractivity contribution in [2.24, 2.45) is 7.05 Å². The van der Waals surface area contributed by atoms with Crippen LogP contribution in [0.2, 0.25) is 0 Å². The predicted molar refractivity (Wildman–Crippen MR) is 68.2 cm³/mol. The van der Waals surface area contributed by atoms with E-state index in [9.17, 15) is 4.79 Å². The summed E-state index contributed by atoms with van der Waals surface area (Å²) in [6.45, 7) is 1.61. The van der Waals surface area contributed by atoms with Crippen LogP contribution in [0.1, 0.15) is 6.92 Å². The van der Waals surface area contributed by atoms with Gasteiger partial charge in [0.25, 0.3) is 0 Å². The van der Waals surface area contributed by atoms with Crippen LogP contribution < -0.4 is 5.32 Å². The van der Waals surface area contributed by atoms with Gasteiger partial charge in [-0.15, -0.1) is 11.6 Å². The van der Waals surface area contributed by atoms with Gasteiger partial charge in [-0.25, -0.2) is 0 Å². The quantitative estimate of drug-likeness (QED) is 0.853. The van der Waals surface area contributed by atoms with Crippen LogP contribution in [0, 0.1) is 0 Å². The van der Waals surface area contributed by atoms with Crippen molar-refractivity contribution in [1.82, 2.24) is 19.7 Å². The molecule has 0 aliphatic heterocycles. The SMILES string of the molecule is C[C@H](Cl)C(=O)Nc1cc(-c2cnccn2)nn1C. The minimum atomic E-state index is -0.597. The normalized spacial score (nSPS) is 12.2. The lowest BCUT2D eigenvalue weighted by Gasteiger charge is -2.05. The Morgan fingerprint density at radius 3 is 2.83 bits per heavy atom. The molecule has 18 heavy (non-hydrogen) atoms. The molecule has 7 heteroatoms. The van der Waals surface area contributed by atoms with E-state index in [2.05, 4.69) is 20.4 Å². The second kappa shape index (κ2) is 5.14. The van der Waals surface area contributed by atoms with Gasteiger partial charge in [-0.1, -0.05) is 0 Å². The lowest BCUT2D eigenvalue weighted by Crippen LogP contribution is -2.21. The second-order valence-corrected chi connectivity index (χ2v) is 4.39. The molecule has 0 aliphatic rings. The first-order valence-corrected chi connectivity index (χ1v) is 5.77. The summed E-state index contributed by atoms with van der Waals surface area (Å²) in [6.07, 6.45) is 4.78. The minimum absolute atomic E-state index is 0.273. The van der Waals surface area contributed by atoms with Gasteiger partial charge in [-0.05, 0) is 6.92 Å². The summed E-state index contributed by atoms with van der Waals surface area (Å²) in [5, 5.41) is 6.33. The molecule has 1 N–H and O–H groups in total. The first kappa shape index (κ1) is 12.5. The van der Waals surface area contributed by atoms with E-state index in [4.69, 9.17) is 11.6 Å². The van der Waals surface area contributed by atoms with Crippen LogP contribution in [0.5, 0.6) is 0 Å². The molecule has 0 aromatic carbocycles. The molecule has 0 aliphatic carbocycles. The summed E-state index contributed by atoms with van der Waals surface area (Å²) >= 11 is 5.69. The van der Waals surface area contributed by atoms with E-state index in [-0.39, 0.29) is 5.91 Å². The molecule has 0 bridgehead atoms. The lowest BCUT2D eigenvalue weighted by molar-refractivity contribution is -0.115. The number of amides is 1. The van der Waals surface area contributed by atoms with Crippen LogP contribution in [0.25, 0.3) is 11.4 Å². The van der Waals surface area contributed by atoms with E-state index < -0.39 is 5.38 Å². The first-order valence-electron chi connectivity index (χ1n) is 5.33. The fourth-order valence-corrected chi connectivity index (χ4v) is 1.42.